The highest BCUT2D eigenvalue weighted by molar-refractivity contribution is 7.90. The highest BCUT2D eigenvalue weighted by Crippen LogP contribution is 2.26. The Morgan fingerprint density at radius 1 is 1.15 bits per heavy atom. The second-order valence-corrected chi connectivity index (χ2v) is 7.99. The topological polar surface area (TPSA) is 95.6 Å². The zero-order valence-electron chi connectivity index (χ0n) is 13.6. The summed E-state index contributed by atoms with van der Waals surface area (Å²) in [6, 6.07) is 9.48. The molecule has 0 saturated heterocycles. The largest absolute Gasteiger partial charge is 0.340 e. The standard InChI is InChI=1S/C16H15Cl2N3O4S/c1-19-16(23)20-21(10-22)13-3-5-14(6-4-13)26(24,25)9-11-8-12(17)2-7-15(11)18/h2-8,10H,9H2,1H3,(H2,19,20,23). The molecule has 7 nitrogen and oxygen atoms in total. The molecule has 26 heavy (non-hydrogen) atoms. The number of anilines is 1. The maximum Gasteiger partial charge on any atom is 0.333 e. The zero-order chi connectivity index (χ0) is 19.3. The molecule has 138 valence electrons. The first kappa shape index (κ1) is 20.0. The number of hydrogen-bond donors (Lipinski definition) is 2. The Morgan fingerprint density at radius 2 is 1.81 bits per heavy atom. The van der Waals surface area contributed by atoms with Crippen molar-refractivity contribution in [1.82, 2.24) is 10.7 Å². The number of hydrogen-bond acceptors (Lipinski definition) is 4. The number of nitrogens with one attached hydrogen (secondary N) is 2. The molecule has 0 aliphatic rings. The predicted octanol–water partition coefficient (Wildman–Crippen LogP) is 2.77. The number of urea groups is 1. The van der Waals surface area contributed by atoms with Crippen LogP contribution in [0.5, 0.6) is 0 Å². The summed E-state index contributed by atoms with van der Waals surface area (Å²) in [6.07, 6.45) is 0.393. The van der Waals surface area contributed by atoms with Crippen LogP contribution in [0.2, 0.25) is 10.0 Å². The first-order valence-corrected chi connectivity index (χ1v) is 9.67. The fourth-order valence-corrected chi connectivity index (χ4v) is 3.90. The van der Waals surface area contributed by atoms with Gasteiger partial charge in [-0.05, 0) is 48.0 Å². The van der Waals surface area contributed by atoms with Gasteiger partial charge < -0.3 is 5.32 Å². The number of sulfone groups is 1. The lowest BCUT2D eigenvalue weighted by Crippen LogP contribution is -2.45. The number of nitrogens with zero attached hydrogens (tertiary/aromatic N) is 1. The summed E-state index contributed by atoms with van der Waals surface area (Å²) in [5, 5.41) is 3.91. The van der Waals surface area contributed by atoms with Gasteiger partial charge >= 0.3 is 6.03 Å². The van der Waals surface area contributed by atoms with Crippen molar-refractivity contribution in [2.75, 3.05) is 12.1 Å². The van der Waals surface area contributed by atoms with Gasteiger partial charge in [0.15, 0.2) is 9.84 Å². The molecular formula is C16H15Cl2N3O4S. The number of benzene rings is 2. The van der Waals surface area contributed by atoms with Crippen LogP contribution >= 0.6 is 23.2 Å². The Balaban J connectivity index is 2.24. The third-order valence-electron chi connectivity index (χ3n) is 3.38. The fraction of sp³-hybridized carbons (Fsp3) is 0.125. The zero-order valence-corrected chi connectivity index (χ0v) is 15.9. The van der Waals surface area contributed by atoms with Crippen molar-refractivity contribution in [2.45, 2.75) is 10.6 Å². The lowest BCUT2D eigenvalue weighted by molar-refractivity contribution is -0.107. The number of carbonyl (C=O) groups is 2. The molecule has 0 unspecified atom stereocenters. The van der Waals surface area contributed by atoms with Crippen LogP contribution in [0, 0.1) is 0 Å². The summed E-state index contributed by atoms with van der Waals surface area (Å²) < 4.78 is 25.2. The molecule has 10 heteroatoms. The number of amides is 3. The lowest BCUT2D eigenvalue weighted by atomic mass is 10.2. The van der Waals surface area contributed by atoms with E-state index in [4.69, 9.17) is 23.2 Å². The normalized spacial score (nSPS) is 10.9. The van der Waals surface area contributed by atoms with E-state index >= 15 is 0 Å². The summed E-state index contributed by atoms with van der Waals surface area (Å²) in [4.78, 5) is 22.4. The summed E-state index contributed by atoms with van der Waals surface area (Å²) in [5.74, 6) is -0.320. The third kappa shape index (κ3) is 4.87. The molecule has 0 heterocycles. The van der Waals surface area contributed by atoms with Crippen LogP contribution in [0.3, 0.4) is 0 Å². The second-order valence-electron chi connectivity index (χ2n) is 5.16. The molecule has 0 radical (unpaired) electrons. The highest BCUT2D eigenvalue weighted by atomic mass is 35.5. The molecule has 0 spiro atoms. The van der Waals surface area contributed by atoms with Crippen molar-refractivity contribution in [3.8, 4) is 0 Å². The van der Waals surface area contributed by atoms with E-state index in [1.807, 2.05) is 0 Å². The first-order valence-electron chi connectivity index (χ1n) is 7.26. The van der Waals surface area contributed by atoms with Crippen molar-refractivity contribution in [2.24, 2.45) is 0 Å². The minimum absolute atomic E-state index is 0.0445. The van der Waals surface area contributed by atoms with Crippen LogP contribution in [0.25, 0.3) is 0 Å². The summed E-state index contributed by atoms with van der Waals surface area (Å²) >= 11 is 11.9. The summed E-state index contributed by atoms with van der Waals surface area (Å²) in [7, 11) is -2.28. The SMILES string of the molecule is CNC(=O)NN(C=O)c1ccc(S(=O)(=O)Cc2cc(Cl)ccc2Cl)cc1. The van der Waals surface area contributed by atoms with Crippen LogP contribution in [0.1, 0.15) is 5.56 Å². The fourth-order valence-electron chi connectivity index (χ4n) is 2.07. The van der Waals surface area contributed by atoms with E-state index in [-0.39, 0.29) is 10.6 Å². The summed E-state index contributed by atoms with van der Waals surface area (Å²) in [5.41, 5.74) is 2.96. The smallest absolute Gasteiger partial charge is 0.333 e. The van der Waals surface area contributed by atoms with Gasteiger partial charge in [0.2, 0.25) is 6.41 Å². The van der Waals surface area contributed by atoms with Crippen LogP contribution in [-0.2, 0) is 20.4 Å². The Hall–Kier alpha value is -2.29. The molecule has 2 N–H and O–H groups in total. The van der Waals surface area contributed by atoms with Gasteiger partial charge in [-0.15, -0.1) is 0 Å². The molecule has 3 amide bonds. The van der Waals surface area contributed by atoms with Gasteiger partial charge in [0.25, 0.3) is 0 Å². The van der Waals surface area contributed by atoms with E-state index in [1.165, 1.54) is 43.4 Å². The molecule has 0 aliphatic carbocycles. The average molecular weight is 416 g/mol. The minimum Gasteiger partial charge on any atom is -0.340 e. The Labute approximate surface area is 160 Å². The monoisotopic (exact) mass is 415 g/mol. The van der Waals surface area contributed by atoms with Crippen molar-refractivity contribution in [3.63, 3.8) is 0 Å². The molecule has 2 rings (SSSR count). The van der Waals surface area contributed by atoms with Crippen molar-refractivity contribution < 1.29 is 18.0 Å². The van der Waals surface area contributed by atoms with E-state index in [0.29, 0.717) is 27.7 Å². The van der Waals surface area contributed by atoms with E-state index in [9.17, 15) is 18.0 Å². The number of hydrazine groups is 1. The quantitative estimate of drug-likeness (QED) is 0.559. The first-order chi connectivity index (χ1) is 12.3. The van der Waals surface area contributed by atoms with E-state index in [1.54, 1.807) is 6.07 Å². The predicted molar refractivity (Wildman–Crippen MR) is 99.9 cm³/mol. The van der Waals surface area contributed by atoms with E-state index < -0.39 is 15.9 Å². The molecule has 0 aliphatic heterocycles. The molecule has 0 aromatic heterocycles. The summed E-state index contributed by atoms with van der Waals surface area (Å²) in [6.45, 7) is 0. The van der Waals surface area contributed by atoms with Crippen molar-refractivity contribution in [3.05, 3.63) is 58.1 Å². The van der Waals surface area contributed by atoms with Crippen LogP contribution < -0.4 is 15.8 Å². The Kier molecular flexibility index (Phi) is 6.47. The molecule has 2 aromatic carbocycles. The molecule has 2 aromatic rings. The molecule has 0 bridgehead atoms. The van der Waals surface area contributed by atoms with Gasteiger partial charge in [-0.2, -0.15) is 0 Å². The minimum atomic E-state index is -3.68. The van der Waals surface area contributed by atoms with Gasteiger partial charge in [0, 0.05) is 17.1 Å². The maximum absolute atomic E-state index is 12.6. The molecule has 0 fully saturated rings. The van der Waals surface area contributed by atoms with Gasteiger partial charge in [0.05, 0.1) is 16.3 Å². The number of halogens is 2. The van der Waals surface area contributed by atoms with Crippen LogP contribution in [0.15, 0.2) is 47.4 Å². The van der Waals surface area contributed by atoms with E-state index in [0.717, 1.165) is 5.01 Å². The average Bonchev–Trinajstić information content (AvgIpc) is 2.62. The molecule has 0 saturated carbocycles. The van der Waals surface area contributed by atoms with Gasteiger partial charge in [-0.1, -0.05) is 23.2 Å². The van der Waals surface area contributed by atoms with Gasteiger partial charge in [-0.25, -0.2) is 23.6 Å². The number of rotatable bonds is 6. The number of carbonyl (C=O) groups excluding carboxylic acids is 2. The molecule has 0 atom stereocenters. The van der Waals surface area contributed by atoms with Crippen molar-refractivity contribution >= 4 is 51.2 Å². The van der Waals surface area contributed by atoms with Gasteiger partial charge in [-0.3, -0.25) is 4.79 Å². The Morgan fingerprint density at radius 3 is 2.38 bits per heavy atom. The lowest BCUT2D eigenvalue weighted by Gasteiger charge is -2.18. The third-order valence-corrected chi connectivity index (χ3v) is 5.67. The van der Waals surface area contributed by atoms with Crippen LogP contribution in [0.4, 0.5) is 10.5 Å². The van der Waals surface area contributed by atoms with Gasteiger partial charge in [0.1, 0.15) is 0 Å². The Bertz CT molecular complexity index is 918. The second kappa shape index (κ2) is 8.39. The highest BCUT2D eigenvalue weighted by Gasteiger charge is 2.18. The van der Waals surface area contributed by atoms with Crippen LogP contribution in [-0.4, -0.2) is 27.9 Å². The van der Waals surface area contributed by atoms with Crippen molar-refractivity contribution in [1.29, 1.82) is 0 Å². The maximum atomic E-state index is 12.6. The molecular weight excluding hydrogens is 401 g/mol. The van der Waals surface area contributed by atoms with E-state index in [2.05, 4.69) is 10.7 Å².